The van der Waals surface area contributed by atoms with Crippen LogP contribution in [-0.4, -0.2) is 6.04 Å². The maximum absolute atomic E-state index is 6.12. The Kier molecular flexibility index (Phi) is 6.91. The van der Waals surface area contributed by atoms with Crippen molar-refractivity contribution in [3.63, 3.8) is 0 Å². The molecule has 0 saturated heterocycles. The van der Waals surface area contributed by atoms with Crippen LogP contribution in [0.3, 0.4) is 0 Å². The van der Waals surface area contributed by atoms with Crippen LogP contribution in [0, 0.1) is 0 Å². The summed E-state index contributed by atoms with van der Waals surface area (Å²) in [4.78, 5) is 0. The number of benzene rings is 1. The van der Waals surface area contributed by atoms with Crippen molar-refractivity contribution in [1.29, 1.82) is 0 Å². The van der Waals surface area contributed by atoms with Crippen LogP contribution in [0.15, 0.2) is 30.3 Å². The first kappa shape index (κ1) is 13.2. The standard InChI is InChI=1S/C15H25N/c1-2-3-4-5-9-12-15(16)13-14-10-7-6-8-11-14/h6-8,10-11,15H,2-5,9,12-13,16H2,1H3. The molecule has 0 aromatic heterocycles. The third kappa shape index (κ3) is 5.92. The molecule has 1 heteroatoms. The van der Waals surface area contributed by atoms with Crippen LogP contribution in [0.1, 0.15) is 51.0 Å². The fraction of sp³-hybridized carbons (Fsp3) is 0.600. The summed E-state index contributed by atoms with van der Waals surface area (Å²) < 4.78 is 0. The average molecular weight is 219 g/mol. The van der Waals surface area contributed by atoms with E-state index in [-0.39, 0.29) is 0 Å². The largest absolute Gasteiger partial charge is 0.327 e. The van der Waals surface area contributed by atoms with E-state index in [0.717, 1.165) is 6.42 Å². The molecule has 0 bridgehead atoms. The molecule has 0 aliphatic heterocycles. The summed E-state index contributed by atoms with van der Waals surface area (Å²) in [6.45, 7) is 2.25. The van der Waals surface area contributed by atoms with Crippen LogP contribution in [0.25, 0.3) is 0 Å². The lowest BCUT2D eigenvalue weighted by molar-refractivity contribution is 0.538. The first-order valence-corrected chi connectivity index (χ1v) is 6.62. The zero-order valence-electron chi connectivity index (χ0n) is 10.5. The topological polar surface area (TPSA) is 26.0 Å². The number of hydrogen-bond acceptors (Lipinski definition) is 1. The minimum Gasteiger partial charge on any atom is -0.327 e. The molecule has 1 rings (SSSR count). The van der Waals surface area contributed by atoms with E-state index in [2.05, 4.69) is 37.3 Å². The molecule has 0 aliphatic rings. The average Bonchev–Trinajstić information content (AvgIpc) is 2.30. The minimum absolute atomic E-state index is 0.337. The van der Waals surface area contributed by atoms with Crippen molar-refractivity contribution in [2.24, 2.45) is 5.73 Å². The van der Waals surface area contributed by atoms with Crippen molar-refractivity contribution in [2.75, 3.05) is 0 Å². The summed E-state index contributed by atoms with van der Waals surface area (Å²) in [7, 11) is 0. The van der Waals surface area contributed by atoms with Crippen LogP contribution in [0.4, 0.5) is 0 Å². The van der Waals surface area contributed by atoms with Gasteiger partial charge in [-0.3, -0.25) is 0 Å². The third-order valence-electron chi connectivity index (χ3n) is 3.02. The minimum atomic E-state index is 0.337. The first-order valence-electron chi connectivity index (χ1n) is 6.62. The number of unbranched alkanes of at least 4 members (excludes halogenated alkanes) is 4. The molecule has 1 aromatic carbocycles. The molecular weight excluding hydrogens is 194 g/mol. The summed E-state index contributed by atoms with van der Waals surface area (Å²) in [5.41, 5.74) is 7.48. The Hall–Kier alpha value is -0.820. The second kappa shape index (κ2) is 8.35. The van der Waals surface area contributed by atoms with E-state index in [1.54, 1.807) is 0 Å². The Morgan fingerprint density at radius 1 is 1.00 bits per heavy atom. The van der Waals surface area contributed by atoms with Gasteiger partial charge < -0.3 is 5.73 Å². The molecule has 0 spiro atoms. The van der Waals surface area contributed by atoms with Gasteiger partial charge in [0.25, 0.3) is 0 Å². The zero-order valence-corrected chi connectivity index (χ0v) is 10.5. The lowest BCUT2D eigenvalue weighted by Gasteiger charge is -2.11. The Balaban J connectivity index is 2.09. The Bertz CT molecular complexity index is 255. The van der Waals surface area contributed by atoms with E-state index in [4.69, 9.17) is 5.73 Å². The molecule has 0 saturated carbocycles. The van der Waals surface area contributed by atoms with Crippen molar-refractivity contribution in [3.05, 3.63) is 35.9 Å². The van der Waals surface area contributed by atoms with Gasteiger partial charge in [0.2, 0.25) is 0 Å². The molecule has 1 atom stereocenters. The maximum Gasteiger partial charge on any atom is 0.00793 e. The Morgan fingerprint density at radius 2 is 1.69 bits per heavy atom. The van der Waals surface area contributed by atoms with Crippen molar-refractivity contribution < 1.29 is 0 Å². The molecule has 0 fully saturated rings. The van der Waals surface area contributed by atoms with E-state index in [1.807, 2.05) is 0 Å². The van der Waals surface area contributed by atoms with Gasteiger partial charge in [-0.15, -0.1) is 0 Å². The first-order chi connectivity index (χ1) is 7.83. The molecular formula is C15H25N. The van der Waals surface area contributed by atoms with E-state index in [1.165, 1.54) is 44.1 Å². The summed E-state index contributed by atoms with van der Waals surface area (Å²) in [5.74, 6) is 0. The number of hydrogen-bond donors (Lipinski definition) is 1. The van der Waals surface area contributed by atoms with Crippen molar-refractivity contribution in [1.82, 2.24) is 0 Å². The second-order valence-corrected chi connectivity index (χ2v) is 4.65. The molecule has 1 nitrogen and oxygen atoms in total. The smallest absolute Gasteiger partial charge is 0.00793 e. The van der Waals surface area contributed by atoms with Gasteiger partial charge in [0, 0.05) is 6.04 Å². The highest BCUT2D eigenvalue weighted by Gasteiger charge is 2.03. The zero-order chi connectivity index (χ0) is 11.6. The van der Waals surface area contributed by atoms with Crippen molar-refractivity contribution in [2.45, 2.75) is 57.9 Å². The molecule has 0 aliphatic carbocycles. The van der Waals surface area contributed by atoms with Gasteiger partial charge in [-0.2, -0.15) is 0 Å². The summed E-state index contributed by atoms with van der Waals surface area (Å²) >= 11 is 0. The molecule has 0 heterocycles. The Labute approximate surface area is 100 Å². The lowest BCUT2D eigenvalue weighted by Crippen LogP contribution is -2.22. The highest BCUT2D eigenvalue weighted by atomic mass is 14.6. The van der Waals surface area contributed by atoms with Crippen LogP contribution >= 0.6 is 0 Å². The summed E-state index contributed by atoms with van der Waals surface area (Å²) in [6, 6.07) is 10.9. The molecule has 90 valence electrons. The Morgan fingerprint density at radius 3 is 2.38 bits per heavy atom. The monoisotopic (exact) mass is 219 g/mol. The van der Waals surface area contributed by atoms with Gasteiger partial charge >= 0.3 is 0 Å². The molecule has 16 heavy (non-hydrogen) atoms. The van der Waals surface area contributed by atoms with Gasteiger partial charge in [0.05, 0.1) is 0 Å². The molecule has 0 radical (unpaired) electrons. The van der Waals surface area contributed by atoms with Crippen LogP contribution in [0.5, 0.6) is 0 Å². The molecule has 2 N–H and O–H groups in total. The predicted octanol–water partition coefficient (Wildman–Crippen LogP) is 3.92. The van der Waals surface area contributed by atoms with Gasteiger partial charge in [0.15, 0.2) is 0 Å². The van der Waals surface area contributed by atoms with Gasteiger partial charge in [-0.05, 0) is 18.4 Å². The quantitative estimate of drug-likeness (QED) is 0.659. The van der Waals surface area contributed by atoms with Crippen molar-refractivity contribution >= 4 is 0 Å². The molecule has 1 aromatic rings. The van der Waals surface area contributed by atoms with Crippen LogP contribution < -0.4 is 5.73 Å². The number of nitrogens with two attached hydrogens (primary N) is 1. The highest BCUT2D eigenvalue weighted by molar-refractivity contribution is 5.15. The highest BCUT2D eigenvalue weighted by Crippen LogP contribution is 2.09. The fourth-order valence-corrected chi connectivity index (χ4v) is 2.03. The van der Waals surface area contributed by atoms with Gasteiger partial charge in [0.1, 0.15) is 0 Å². The SMILES string of the molecule is CCCCCCCC(N)Cc1ccccc1. The van der Waals surface area contributed by atoms with Crippen LogP contribution in [0.2, 0.25) is 0 Å². The second-order valence-electron chi connectivity index (χ2n) is 4.65. The fourth-order valence-electron chi connectivity index (χ4n) is 2.03. The van der Waals surface area contributed by atoms with E-state index >= 15 is 0 Å². The van der Waals surface area contributed by atoms with Gasteiger partial charge in [-0.1, -0.05) is 69.4 Å². The van der Waals surface area contributed by atoms with Gasteiger partial charge in [-0.25, -0.2) is 0 Å². The molecule has 0 amide bonds. The van der Waals surface area contributed by atoms with E-state index in [9.17, 15) is 0 Å². The normalized spacial score (nSPS) is 12.6. The van der Waals surface area contributed by atoms with Crippen molar-refractivity contribution in [3.8, 4) is 0 Å². The summed E-state index contributed by atoms with van der Waals surface area (Å²) in [6.07, 6.45) is 8.87. The van der Waals surface area contributed by atoms with E-state index < -0.39 is 0 Å². The number of rotatable bonds is 8. The van der Waals surface area contributed by atoms with Crippen LogP contribution in [-0.2, 0) is 6.42 Å². The lowest BCUT2D eigenvalue weighted by atomic mass is 10.0. The third-order valence-corrected chi connectivity index (χ3v) is 3.02. The predicted molar refractivity (Wildman–Crippen MR) is 71.5 cm³/mol. The van der Waals surface area contributed by atoms with E-state index in [0.29, 0.717) is 6.04 Å². The maximum atomic E-state index is 6.12. The summed E-state index contributed by atoms with van der Waals surface area (Å²) in [5, 5.41) is 0. The molecule has 1 unspecified atom stereocenters.